The van der Waals surface area contributed by atoms with Gasteiger partial charge in [-0.2, -0.15) is 0 Å². The van der Waals surface area contributed by atoms with Crippen LogP contribution in [0.5, 0.6) is 0 Å². The van der Waals surface area contributed by atoms with Gasteiger partial charge in [-0.15, -0.1) is 0 Å². The number of unbranched alkanes of at least 4 members (excludes halogenated alkanes) is 24. The van der Waals surface area contributed by atoms with Gasteiger partial charge in [-0.3, -0.25) is 18.6 Å². The van der Waals surface area contributed by atoms with Crippen LogP contribution >= 0.6 is 7.82 Å². The molecule has 0 aromatic heterocycles. The highest BCUT2D eigenvalue weighted by Crippen LogP contribution is 2.43. The molecule has 0 aliphatic heterocycles. The zero-order chi connectivity index (χ0) is 40.5. The van der Waals surface area contributed by atoms with Crippen LogP contribution in [0.1, 0.15) is 206 Å². The number of aliphatic hydroxyl groups is 2. The second-order valence-corrected chi connectivity index (χ2v) is 16.5. The summed E-state index contributed by atoms with van der Waals surface area (Å²) in [5.74, 6) is -0.932. The van der Waals surface area contributed by atoms with Crippen LogP contribution in [0.15, 0.2) is 24.3 Å². The summed E-state index contributed by atoms with van der Waals surface area (Å²) in [6.07, 6.45) is 40.0. The summed E-state index contributed by atoms with van der Waals surface area (Å²) in [5, 5.41) is 18.3. The van der Waals surface area contributed by atoms with Gasteiger partial charge in [0.15, 0.2) is 6.10 Å². The number of hydrogen-bond donors (Lipinski definition) is 3. The van der Waals surface area contributed by atoms with E-state index in [1.165, 1.54) is 109 Å². The highest BCUT2D eigenvalue weighted by molar-refractivity contribution is 7.47. The standard InChI is InChI=1S/C44H83O10P/c1-3-5-7-9-11-13-15-17-18-19-20-21-22-24-26-28-30-32-34-36-44(48)54-42(40-53-55(49,50)52-38-41(46)37-45)39-51-43(47)35-33-31-29-27-25-23-16-14-12-10-8-6-4-2/h14,16-18,41-42,45-46H,3-13,15,19-40H2,1-2H3,(H,49,50)/b16-14-,18-17-. The molecule has 55 heavy (non-hydrogen) atoms. The minimum atomic E-state index is -4.62. The Hall–Kier alpha value is -1.55. The van der Waals surface area contributed by atoms with Crippen LogP contribution in [0, 0.1) is 0 Å². The number of hydrogen-bond acceptors (Lipinski definition) is 9. The van der Waals surface area contributed by atoms with Crippen molar-refractivity contribution in [1.82, 2.24) is 0 Å². The number of carbonyl (C=O) groups is 2. The van der Waals surface area contributed by atoms with E-state index >= 15 is 0 Å². The molecule has 0 aromatic rings. The van der Waals surface area contributed by atoms with Gasteiger partial charge in [0.2, 0.25) is 0 Å². The Morgan fingerprint density at radius 3 is 1.33 bits per heavy atom. The lowest BCUT2D eigenvalue weighted by molar-refractivity contribution is -0.161. The minimum Gasteiger partial charge on any atom is -0.462 e. The molecule has 10 nitrogen and oxygen atoms in total. The zero-order valence-electron chi connectivity index (χ0n) is 35.2. The fourth-order valence-electron chi connectivity index (χ4n) is 6.10. The molecule has 0 saturated heterocycles. The lowest BCUT2D eigenvalue weighted by Gasteiger charge is -2.20. The Morgan fingerprint density at radius 2 is 0.891 bits per heavy atom. The Bertz CT molecular complexity index is 972. The first-order valence-electron chi connectivity index (χ1n) is 22.3. The van der Waals surface area contributed by atoms with E-state index < -0.39 is 51.8 Å². The van der Waals surface area contributed by atoms with E-state index in [-0.39, 0.29) is 19.4 Å². The fourth-order valence-corrected chi connectivity index (χ4v) is 6.89. The summed E-state index contributed by atoms with van der Waals surface area (Å²) in [6, 6.07) is 0. The number of carbonyl (C=O) groups excluding carboxylic acids is 2. The monoisotopic (exact) mass is 803 g/mol. The molecule has 0 spiro atoms. The first-order chi connectivity index (χ1) is 26.7. The number of phosphoric ester groups is 1. The van der Waals surface area contributed by atoms with Gasteiger partial charge in [-0.25, -0.2) is 4.57 Å². The molecule has 0 aliphatic rings. The largest absolute Gasteiger partial charge is 0.472 e. The third kappa shape index (κ3) is 40.4. The van der Waals surface area contributed by atoms with E-state index in [1.807, 2.05) is 0 Å². The van der Waals surface area contributed by atoms with Gasteiger partial charge in [0, 0.05) is 12.8 Å². The van der Waals surface area contributed by atoms with E-state index in [9.17, 15) is 24.2 Å². The number of phosphoric acid groups is 1. The summed E-state index contributed by atoms with van der Waals surface area (Å²) in [4.78, 5) is 35.0. The maximum Gasteiger partial charge on any atom is 0.472 e. The van der Waals surface area contributed by atoms with E-state index in [2.05, 4.69) is 42.7 Å². The van der Waals surface area contributed by atoms with Crippen molar-refractivity contribution in [2.75, 3.05) is 26.4 Å². The molecule has 0 fully saturated rings. The number of ether oxygens (including phenoxy) is 2. The quantitative estimate of drug-likeness (QED) is 0.0236. The normalized spacial score (nSPS) is 14.1. The Morgan fingerprint density at radius 1 is 0.527 bits per heavy atom. The summed E-state index contributed by atoms with van der Waals surface area (Å²) < 4.78 is 32.7. The van der Waals surface area contributed by atoms with Crippen LogP contribution in [0.4, 0.5) is 0 Å². The average Bonchev–Trinajstić information content (AvgIpc) is 3.17. The Labute approximate surface area is 336 Å². The number of aliphatic hydroxyl groups excluding tert-OH is 2. The Balaban J connectivity index is 4.25. The van der Waals surface area contributed by atoms with E-state index in [4.69, 9.17) is 19.1 Å². The first kappa shape index (κ1) is 53.5. The summed E-state index contributed by atoms with van der Waals surface area (Å²) >= 11 is 0. The molecule has 0 bridgehead atoms. The van der Waals surface area contributed by atoms with Crippen molar-refractivity contribution < 1.29 is 47.8 Å². The molecule has 3 atom stereocenters. The lowest BCUT2D eigenvalue weighted by atomic mass is 10.1. The van der Waals surface area contributed by atoms with E-state index in [1.54, 1.807) is 0 Å². The molecule has 0 saturated carbocycles. The molecule has 11 heteroatoms. The SMILES string of the molecule is CCCCCC/C=C\CCCCCCCC(=O)OCC(COP(=O)(O)OCC(O)CO)OC(=O)CCCCCCCCCCC/C=C\CCCCCCCC. The van der Waals surface area contributed by atoms with Crippen molar-refractivity contribution in [2.45, 2.75) is 219 Å². The van der Waals surface area contributed by atoms with Crippen LogP contribution < -0.4 is 0 Å². The second kappa shape index (κ2) is 40.6. The molecule has 0 radical (unpaired) electrons. The van der Waals surface area contributed by atoms with Gasteiger partial charge >= 0.3 is 19.8 Å². The predicted molar refractivity (Wildman–Crippen MR) is 224 cm³/mol. The van der Waals surface area contributed by atoms with Crippen LogP contribution in [-0.2, 0) is 32.7 Å². The van der Waals surface area contributed by atoms with Crippen LogP contribution in [0.25, 0.3) is 0 Å². The van der Waals surface area contributed by atoms with Gasteiger partial charge < -0.3 is 24.6 Å². The fraction of sp³-hybridized carbons (Fsp3) is 0.864. The summed E-state index contributed by atoms with van der Waals surface area (Å²) in [7, 11) is -4.62. The van der Waals surface area contributed by atoms with Crippen molar-refractivity contribution >= 4 is 19.8 Å². The van der Waals surface area contributed by atoms with Crippen molar-refractivity contribution in [1.29, 1.82) is 0 Å². The maximum atomic E-state index is 12.6. The molecule has 0 heterocycles. The molecule has 0 amide bonds. The van der Waals surface area contributed by atoms with Crippen molar-refractivity contribution in [2.24, 2.45) is 0 Å². The number of esters is 2. The van der Waals surface area contributed by atoms with Gasteiger partial charge in [0.05, 0.1) is 19.8 Å². The molecule has 324 valence electrons. The highest BCUT2D eigenvalue weighted by atomic mass is 31.2. The Kier molecular flexibility index (Phi) is 39.5. The van der Waals surface area contributed by atoms with Gasteiger partial charge in [0.1, 0.15) is 12.7 Å². The third-order valence-electron chi connectivity index (χ3n) is 9.58. The summed E-state index contributed by atoms with van der Waals surface area (Å²) in [5.41, 5.74) is 0. The van der Waals surface area contributed by atoms with Crippen LogP contribution in [-0.4, -0.2) is 65.7 Å². The summed E-state index contributed by atoms with van der Waals surface area (Å²) in [6.45, 7) is 2.36. The number of allylic oxidation sites excluding steroid dienone is 4. The van der Waals surface area contributed by atoms with Crippen molar-refractivity contribution in [3.05, 3.63) is 24.3 Å². The molecule has 0 aromatic carbocycles. The van der Waals surface area contributed by atoms with Crippen LogP contribution in [0.2, 0.25) is 0 Å². The maximum absolute atomic E-state index is 12.6. The molecule has 0 rings (SSSR count). The molecule has 0 aliphatic carbocycles. The van der Waals surface area contributed by atoms with Crippen LogP contribution in [0.3, 0.4) is 0 Å². The smallest absolute Gasteiger partial charge is 0.462 e. The predicted octanol–water partition coefficient (Wildman–Crippen LogP) is 11.8. The molecule has 3 N–H and O–H groups in total. The van der Waals surface area contributed by atoms with Crippen molar-refractivity contribution in [3.8, 4) is 0 Å². The molecular weight excluding hydrogens is 719 g/mol. The lowest BCUT2D eigenvalue weighted by Crippen LogP contribution is -2.29. The molecule has 3 unspecified atom stereocenters. The molecular formula is C44H83O10P. The van der Waals surface area contributed by atoms with E-state index in [0.29, 0.717) is 12.8 Å². The van der Waals surface area contributed by atoms with Gasteiger partial charge in [-0.1, -0.05) is 154 Å². The average molecular weight is 803 g/mol. The first-order valence-corrected chi connectivity index (χ1v) is 23.8. The zero-order valence-corrected chi connectivity index (χ0v) is 36.0. The number of rotatable bonds is 42. The topological polar surface area (TPSA) is 149 Å². The van der Waals surface area contributed by atoms with E-state index in [0.717, 1.165) is 57.8 Å². The van der Waals surface area contributed by atoms with Crippen molar-refractivity contribution in [3.63, 3.8) is 0 Å². The minimum absolute atomic E-state index is 0.182. The third-order valence-corrected chi connectivity index (χ3v) is 10.5. The van der Waals surface area contributed by atoms with Gasteiger partial charge in [0.25, 0.3) is 0 Å². The second-order valence-electron chi connectivity index (χ2n) is 15.1. The highest BCUT2D eigenvalue weighted by Gasteiger charge is 2.27. The van der Waals surface area contributed by atoms with Gasteiger partial charge in [-0.05, 0) is 64.2 Å².